The van der Waals surface area contributed by atoms with Gasteiger partial charge in [0.25, 0.3) is 0 Å². The average molecular weight is 358 g/mol. The van der Waals surface area contributed by atoms with Crippen LogP contribution in [-0.4, -0.2) is 33.7 Å². The molecule has 0 spiro atoms. The van der Waals surface area contributed by atoms with Crippen molar-refractivity contribution in [3.8, 4) is 22.8 Å². The molecule has 25 heavy (non-hydrogen) atoms. The molecule has 0 bridgehead atoms. The summed E-state index contributed by atoms with van der Waals surface area (Å²) >= 11 is 1.51. The SMILES string of the molecule is CCCc1nc2sc(C)c(-c3ccc4c(c3)OCCO4)n2c1C(=O)O. The van der Waals surface area contributed by atoms with Gasteiger partial charge in [0.1, 0.15) is 13.2 Å². The number of ether oxygens (including phenoxy) is 2. The third-order valence-corrected chi connectivity index (χ3v) is 5.18. The maximum atomic E-state index is 11.9. The Bertz CT molecular complexity index is 973. The highest BCUT2D eigenvalue weighted by molar-refractivity contribution is 7.17. The minimum absolute atomic E-state index is 0.256. The number of hydrogen-bond donors (Lipinski definition) is 1. The monoisotopic (exact) mass is 358 g/mol. The van der Waals surface area contributed by atoms with Crippen LogP contribution in [0.3, 0.4) is 0 Å². The van der Waals surface area contributed by atoms with Gasteiger partial charge in [-0.2, -0.15) is 0 Å². The van der Waals surface area contributed by atoms with E-state index in [9.17, 15) is 9.90 Å². The zero-order valence-corrected chi connectivity index (χ0v) is 14.9. The lowest BCUT2D eigenvalue weighted by Crippen LogP contribution is -2.15. The van der Waals surface area contributed by atoms with Crippen LogP contribution in [0.5, 0.6) is 11.5 Å². The Balaban J connectivity index is 1.95. The fourth-order valence-corrected chi connectivity index (χ4v) is 4.22. The minimum Gasteiger partial charge on any atom is -0.486 e. The second-order valence-electron chi connectivity index (χ2n) is 5.95. The van der Waals surface area contributed by atoms with Crippen molar-refractivity contribution in [3.05, 3.63) is 34.5 Å². The molecule has 0 amide bonds. The first-order valence-electron chi connectivity index (χ1n) is 8.24. The molecule has 0 saturated carbocycles. The fourth-order valence-electron chi connectivity index (χ4n) is 3.21. The molecule has 1 aromatic carbocycles. The van der Waals surface area contributed by atoms with Crippen molar-refractivity contribution < 1.29 is 19.4 Å². The van der Waals surface area contributed by atoms with E-state index in [1.807, 2.05) is 32.0 Å². The Kier molecular flexibility index (Phi) is 3.88. The third-order valence-electron chi connectivity index (χ3n) is 4.23. The van der Waals surface area contributed by atoms with Crippen molar-refractivity contribution in [1.82, 2.24) is 9.38 Å². The highest BCUT2D eigenvalue weighted by Crippen LogP contribution is 2.39. The zero-order chi connectivity index (χ0) is 17.6. The topological polar surface area (TPSA) is 73.1 Å². The van der Waals surface area contributed by atoms with Gasteiger partial charge in [0.15, 0.2) is 22.2 Å². The molecule has 3 aromatic rings. The maximum Gasteiger partial charge on any atom is 0.354 e. The van der Waals surface area contributed by atoms with Crippen molar-refractivity contribution >= 4 is 22.3 Å². The van der Waals surface area contributed by atoms with Crippen molar-refractivity contribution in [2.24, 2.45) is 0 Å². The van der Waals surface area contributed by atoms with E-state index in [1.165, 1.54) is 11.3 Å². The third kappa shape index (κ3) is 2.55. The summed E-state index contributed by atoms with van der Waals surface area (Å²) in [5, 5.41) is 9.75. The molecule has 0 fully saturated rings. The summed E-state index contributed by atoms with van der Waals surface area (Å²) in [6.45, 7) is 5.06. The Morgan fingerprint density at radius 3 is 2.80 bits per heavy atom. The first kappa shape index (κ1) is 16.0. The Morgan fingerprint density at radius 1 is 1.32 bits per heavy atom. The molecule has 4 rings (SSSR count). The van der Waals surface area contributed by atoms with E-state index in [1.54, 1.807) is 4.40 Å². The lowest BCUT2D eigenvalue weighted by atomic mass is 10.1. The van der Waals surface area contributed by atoms with Crippen LogP contribution in [0.2, 0.25) is 0 Å². The predicted octanol–water partition coefficient (Wildman–Crippen LogP) is 3.79. The van der Waals surface area contributed by atoms with Crippen molar-refractivity contribution in [2.75, 3.05) is 13.2 Å². The molecule has 0 radical (unpaired) electrons. The number of rotatable bonds is 4. The van der Waals surface area contributed by atoms with Crippen LogP contribution < -0.4 is 9.47 Å². The van der Waals surface area contributed by atoms with Crippen molar-refractivity contribution in [1.29, 1.82) is 0 Å². The Morgan fingerprint density at radius 2 is 2.08 bits per heavy atom. The zero-order valence-electron chi connectivity index (χ0n) is 14.0. The van der Waals surface area contributed by atoms with E-state index < -0.39 is 5.97 Å². The number of fused-ring (bicyclic) bond motifs is 2. The number of carboxylic acid groups (broad SMARTS) is 1. The number of imidazole rings is 1. The summed E-state index contributed by atoms with van der Waals surface area (Å²) in [5.41, 5.74) is 2.64. The molecule has 2 aromatic heterocycles. The number of aromatic nitrogens is 2. The normalized spacial score (nSPS) is 13.4. The van der Waals surface area contributed by atoms with Gasteiger partial charge in [-0.3, -0.25) is 4.40 Å². The van der Waals surface area contributed by atoms with Crippen molar-refractivity contribution in [3.63, 3.8) is 0 Å². The largest absolute Gasteiger partial charge is 0.486 e. The Labute approximate surface area is 148 Å². The summed E-state index contributed by atoms with van der Waals surface area (Å²) in [4.78, 5) is 18.2. The number of carbonyl (C=O) groups is 1. The number of carboxylic acids is 1. The van der Waals surface area contributed by atoms with Gasteiger partial charge in [-0.15, -0.1) is 11.3 Å². The lowest BCUT2D eigenvalue weighted by Gasteiger charge is -2.19. The van der Waals surface area contributed by atoms with Crippen molar-refractivity contribution in [2.45, 2.75) is 26.7 Å². The van der Waals surface area contributed by atoms with Gasteiger partial charge in [0, 0.05) is 10.4 Å². The smallest absolute Gasteiger partial charge is 0.354 e. The molecule has 3 heterocycles. The van der Waals surface area contributed by atoms with Crippen LogP contribution in [0.4, 0.5) is 0 Å². The second-order valence-corrected chi connectivity index (χ2v) is 7.13. The summed E-state index contributed by atoms with van der Waals surface area (Å²) in [6, 6.07) is 5.72. The van der Waals surface area contributed by atoms with Gasteiger partial charge in [-0.1, -0.05) is 13.3 Å². The van der Waals surface area contributed by atoms with Crippen LogP contribution in [0, 0.1) is 6.92 Å². The quantitative estimate of drug-likeness (QED) is 0.768. The first-order chi connectivity index (χ1) is 12.1. The van der Waals surface area contributed by atoms with Crippen LogP contribution in [0.25, 0.3) is 16.2 Å². The average Bonchev–Trinajstić information content (AvgIpc) is 3.08. The standard InChI is InChI=1S/C18H18N2O4S/c1-3-4-12-16(17(21)22)20-15(10(2)25-18(20)19-12)11-5-6-13-14(9-11)24-8-7-23-13/h5-6,9H,3-4,7-8H2,1-2H3,(H,21,22). The number of thiazole rings is 1. The van der Waals surface area contributed by atoms with E-state index in [0.29, 0.717) is 36.0 Å². The summed E-state index contributed by atoms with van der Waals surface area (Å²) in [5.74, 6) is 0.454. The van der Waals surface area contributed by atoms with Crippen LogP contribution >= 0.6 is 11.3 Å². The highest BCUT2D eigenvalue weighted by atomic mass is 32.1. The predicted molar refractivity (Wildman–Crippen MR) is 95.2 cm³/mol. The van der Waals surface area contributed by atoms with Crippen LogP contribution in [0.15, 0.2) is 18.2 Å². The molecular formula is C18H18N2O4S. The van der Waals surface area contributed by atoms with Crippen LogP contribution in [0.1, 0.15) is 34.4 Å². The molecule has 0 atom stereocenters. The van der Waals surface area contributed by atoms with Gasteiger partial charge in [0.05, 0.1) is 11.4 Å². The number of aryl methyl sites for hydroxylation is 2. The molecular weight excluding hydrogens is 340 g/mol. The van der Waals surface area contributed by atoms with E-state index in [0.717, 1.165) is 28.3 Å². The molecule has 0 aliphatic carbocycles. The van der Waals surface area contributed by atoms with E-state index in [4.69, 9.17) is 9.47 Å². The molecule has 1 N–H and O–H groups in total. The molecule has 130 valence electrons. The molecule has 0 saturated heterocycles. The van der Waals surface area contributed by atoms with E-state index in [-0.39, 0.29) is 5.69 Å². The maximum absolute atomic E-state index is 11.9. The molecule has 0 unspecified atom stereocenters. The molecule has 7 heteroatoms. The Hall–Kier alpha value is -2.54. The van der Waals surface area contributed by atoms with Gasteiger partial charge >= 0.3 is 5.97 Å². The number of nitrogens with zero attached hydrogens (tertiary/aromatic N) is 2. The van der Waals surface area contributed by atoms with E-state index >= 15 is 0 Å². The molecule has 6 nitrogen and oxygen atoms in total. The minimum atomic E-state index is -0.951. The highest BCUT2D eigenvalue weighted by Gasteiger charge is 2.25. The van der Waals surface area contributed by atoms with Gasteiger partial charge in [0.2, 0.25) is 0 Å². The number of hydrogen-bond acceptors (Lipinski definition) is 5. The summed E-state index contributed by atoms with van der Waals surface area (Å²) in [7, 11) is 0. The van der Waals surface area contributed by atoms with Gasteiger partial charge in [-0.25, -0.2) is 9.78 Å². The molecule has 1 aliphatic heterocycles. The van der Waals surface area contributed by atoms with Gasteiger partial charge < -0.3 is 14.6 Å². The lowest BCUT2D eigenvalue weighted by molar-refractivity contribution is 0.0688. The summed E-state index contributed by atoms with van der Waals surface area (Å²) < 4.78 is 13.0. The molecule has 1 aliphatic rings. The second kappa shape index (κ2) is 6.07. The number of benzene rings is 1. The van der Waals surface area contributed by atoms with Gasteiger partial charge in [-0.05, 0) is 31.5 Å². The number of aromatic carboxylic acids is 1. The first-order valence-corrected chi connectivity index (χ1v) is 9.05. The van der Waals surface area contributed by atoms with Crippen LogP contribution in [-0.2, 0) is 6.42 Å². The fraction of sp³-hybridized carbons (Fsp3) is 0.333. The van der Waals surface area contributed by atoms with E-state index in [2.05, 4.69) is 4.98 Å². The summed E-state index contributed by atoms with van der Waals surface area (Å²) in [6.07, 6.45) is 1.50.